The highest BCUT2D eigenvalue weighted by Gasteiger charge is 2.48. The molecule has 1 unspecified atom stereocenters. The van der Waals surface area contributed by atoms with Crippen LogP contribution in [0.5, 0.6) is 17.2 Å². The summed E-state index contributed by atoms with van der Waals surface area (Å²) in [7, 11) is 2.94. The maximum absolute atomic E-state index is 14.9. The summed E-state index contributed by atoms with van der Waals surface area (Å²) in [6.07, 6.45) is 0. The van der Waals surface area contributed by atoms with E-state index in [0.29, 0.717) is 35.5 Å². The monoisotopic (exact) mass is 495 g/mol. The second kappa shape index (κ2) is 10.1. The molecule has 1 saturated heterocycles. The first-order valence-corrected chi connectivity index (χ1v) is 11.0. The number of Topliss-reactive ketones (excluding diaryl/α,β-unsaturated/α-hetero) is 1. The summed E-state index contributed by atoms with van der Waals surface area (Å²) in [5.41, 5.74) is 0.0155. The molecule has 1 N–H and O–H groups in total. The van der Waals surface area contributed by atoms with Crippen LogP contribution in [-0.2, 0) is 9.59 Å². The number of benzene rings is 3. The Labute approximate surface area is 206 Å². The molecule has 1 amide bonds. The van der Waals surface area contributed by atoms with Crippen molar-refractivity contribution in [2.75, 3.05) is 25.7 Å². The van der Waals surface area contributed by atoms with Crippen molar-refractivity contribution in [1.29, 1.82) is 0 Å². The third-order valence-electron chi connectivity index (χ3n) is 5.78. The number of aliphatic hydroxyl groups excluding tert-OH is 1. The van der Waals surface area contributed by atoms with Gasteiger partial charge in [0, 0.05) is 11.6 Å². The van der Waals surface area contributed by atoms with Crippen molar-refractivity contribution in [2.24, 2.45) is 0 Å². The molecule has 36 heavy (non-hydrogen) atoms. The fourth-order valence-electron chi connectivity index (χ4n) is 4.11. The van der Waals surface area contributed by atoms with Gasteiger partial charge in [-0.1, -0.05) is 6.07 Å². The largest absolute Gasteiger partial charge is 0.507 e. The van der Waals surface area contributed by atoms with Gasteiger partial charge in [-0.3, -0.25) is 14.5 Å². The third kappa shape index (κ3) is 4.35. The molecule has 1 aliphatic rings. The van der Waals surface area contributed by atoms with Crippen LogP contribution in [0.2, 0.25) is 0 Å². The average molecular weight is 495 g/mol. The van der Waals surface area contributed by atoms with Crippen molar-refractivity contribution < 1.29 is 37.7 Å². The Morgan fingerprint density at radius 3 is 2.28 bits per heavy atom. The summed E-state index contributed by atoms with van der Waals surface area (Å²) in [5.74, 6) is -3.18. The Balaban J connectivity index is 1.97. The van der Waals surface area contributed by atoms with Crippen molar-refractivity contribution >= 4 is 23.1 Å². The van der Waals surface area contributed by atoms with E-state index in [1.807, 2.05) is 0 Å². The number of ketones is 1. The number of amides is 1. The smallest absolute Gasteiger partial charge is 0.300 e. The minimum absolute atomic E-state index is 0.247. The highest BCUT2D eigenvalue weighted by molar-refractivity contribution is 6.51. The lowest BCUT2D eigenvalue weighted by Gasteiger charge is -2.26. The first-order chi connectivity index (χ1) is 17.3. The second-order valence-corrected chi connectivity index (χ2v) is 7.84. The van der Waals surface area contributed by atoms with Gasteiger partial charge in [0.05, 0.1) is 38.1 Å². The van der Waals surface area contributed by atoms with E-state index >= 15 is 0 Å². The third-order valence-corrected chi connectivity index (χ3v) is 5.78. The van der Waals surface area contributed by atoms with E-state index in [1.54, 1.807) is 37.3 Å². The van der Waals surface area contributed by atoms with E-state index < -0.39 is 35.1 Å². The van der Waals surface area contributed by atoms with E-state index in [1.165, 1.54) is 26.4 Å². The van der Waals surface area contributed by atoms with E-state index in [9.17, 15) is 23.5 Å². The fraction of sp³-hybridized carbons (Fsp3) is 0.185. The predicted molar refractivity (Wildman–Crippen MR) is 128 cm³/mol. The quantitative estimate of drug-likeness (QED) is 0.282. The average Bonchev–Trinajstić information content (AvgIpc) is 3.14. The minimum atomic E-state index is -1.24. The Bertz CT molecular complexity index is 1350. The van der Waals surface area contributed by atoms with E-state index in [0.717, 1.165) is 17.0 Å². The second-order valence-electron chi connectivity index (χ2n) is 7.84. The molecule has 186 valence electrons. The number of hydrogen-bond donors (Lipinski definition) is 1. The van der Waals surface area contributed by atoms with Gasteiger partial charge >= 0.3 is 0 Å². The Hall–Kier alpha value is -4.40. The summed E-state index contributed by atoms with van der Waals surface area (Å²) in [6, 6.07) is 12.4. The molecule has 3 aromatic rings. The Kier molecular flexibility index (Phi) is 6.91. The molecular weight excluding hydrogens is 472 g/mol. The summed E-state index contributed by atoms with van der Waals surface area (Å²) < 4.78 is 44.6. The van der Waals surface area contributed by atoms with Crippen LogP contribution in [0, 0.1) is 11.6 Å². The van der Waals surface area contributed by atoms with E-state index in [4.69, 9.17) is 14.2 Å². The zero-order valence-corrected chi connectivity index (χ0v) is 19.7. The zero-order valence-electron chi connectivity index (χ0n) is 19.7. The van der Waals surface area contributed by atoms with Crippen LogP contribution in [0.4, 0.5) is 14.5 Å². The molecule has 0 aliphatic carbocycles. The summed E-state index contributed by atoms with van der Waals surface area (Å²) >= 11 is 0. The lowest BCUT2D eigenvalue weighted by molar-refractivity contribution is -0.132. The van der Waals surface area contributed by atoms with Crippen LogP contribution in [0.25, 0.3) is 5.76 Å². The van der Waals surface area contributed by atoms with Crippen molar-refractivity contribution in [3.63, 3.8) is 0 Å². The number of aliphatic hydroxyl groups is 1. The van der Waals surface area contributed by atoms with Gasteiger partial charge in [0.1, 0.15) is 23.1 Å². The summed E-state index contributed by atoms with van der Waals surface area (Å²) in [5, 5.41) is 11.2. The van der Waals surface area contributed by atoms with Gasteiger partial charge in [0.2, 0.25) is 0 Å². The molecule has 0 spiro atoms. The lowest BCUT2D eigenvalue weighted by atomic mass is 9.94. The number of carbonyl (C=O) groups excluding carboxylic acids is 2. The number of methoxy groups -OCH3 is 2. The van der Waals surface area contributed by atoms with Crippen LogP contribution < -0.4 is 19.1 Å². The molecule has 0 aromatic heterocycles. The lowest BCUT2D eigenvalue weighted by Crippen LogP contribution is -2.30. The highest BCUT2D eigenvalue weighted by atomic mass is 19.1. The number of rotatable bonds is 7. The maximum Gasteiger partial charge on any atom is 0.300 e. The molecule has 0 bridgehead atoms. The molecule has 1 heterocycles. The number of anilines is 1. The van der Waals surface area contributed by atoms with Crippen LogP contribution in [0.15, 0.2) is 66.2 Å². The molecule has 9 heteroatoms. The van der Waals surface area contributed by atoms with Crippen molar-refractivity contribution in [3.05, 3.63) is 89.0 Å². The van der Waals surface area contributed by atoms with Crippen molar-refractivity contribution in [2.45, 2.75) is 13.0 Å². The molecule has 1 atom stereocenters. The first-order valence-electron chi connectivity index (χ1n) is 11.0. The molecule has 4 rings (SSSR count). The molecule has 3 aromatic carbocycles. The number of hydrogen-bond acceptors (Lipinski definition) is 6. The molecule has 0 saturated carbocycles. The van der Waals surface area contributed by atoms with Gasteiger partial charge in [-0.2, -0.15) is 0 Å². The number of carbonyl (C=O) groups is 2. The van der Waals surface area contributed by atoms with Gasteiger partial charge in [0.25, 0.3) is 11.7 Å². The van der Waals surface area contributed by atoms with Gasteiger partial charge < -0.3 is 19.3 Å². The topological polar surface area (TPSA) is 85.3 Å². The van der Waals surface area contributed by atoms with Crippen LogP contribution in [0.3, 0.4) is 0 Å². The summed E-state index contributed by atoms with van der Waals surface area (Å²) in [6.45, 7) is 2.08. The number of halogens is 2. The fourth-order valence-corrected chi connectivity index (χ4v) is 4.11. The van der Waals surface area contributed by atoms with Gasteiger partial charge in [-0.15, -0.1) is 0 Å². The van der Waals surface area contributed by atoms with Crippen LogP contribution in [-0.4, -0.2) is 37.6 Å². The predicted octanol–water partition coefficient (Wildman–Crippen LogP) is 5.01. The summed E-state index contributed by atoms with van der Waals surface area (Å²) in [4.78, 5) is 27.3. The minimum Gasteiger partial charge on any atom is -0.507 e. The molecular formula is C27H23F2NO6. The van der Waals surface area contributed by atoms with Crippen LogP contribution in [0.1, 0.15) is 24.1 Å². The zero-order chi connectivity index (χ0) is 26.0. The van der Waals surface area contributed by atoms with Crippen molar-refractivity contribution in [3.8, 4) is 17.2 Å². The molecule has 0 radical (unpaired) electrons. The highest BCUT2D eigenvalue weighted by Crippen LogP contribution is 2.44. The molecule has 7 nitrogen and oxygen atoms in total. The number of nitrogens with zero attached hydrogens (tertiary/aromatic N) is 1. The van der Waals surface area contributed by atoms with Crippen molar-refractivity contribution in [1.82, 2.24) is 0 Å². The Morgan fingerprint density at radius 1 is 0.944 bits per heavy atom. The van der Waals surface area contributed by atoms with Gasteiger partial charge in [-0.25, -0.2) is 8.78 Å². The first kappa shape index (κ1) is 24.7. The van der Waals surface area contributed by atoms with Crippen LogP contribution >= 0.6 is 0 Å². The standard InChI is InChI=1S/C27H23F2NO6/c1-4-36-22-13-16(7-12-21(22)35-3)24-23(25(31)15-5-9-18(34-2)10-6-15)26(32)27(33)30(24)20-11-8-17(28)14-19(20)29/h5-14,24,31H,4H2,1-3H3/b25-23+. The number of ether oxygens (including phenoxy) is 3. The normalized spacial score (nSPS) is 16.8. The SMILES string of the molecule is CCOc1cc(C2/C(=C(\O)c3ccc(OC)cc3)C(=O)C(=O)N2c2ccc(F)cc2F)ccc1OC. The maximum atomic E-state index is 14.9. The molecule has 1 fully saturated rings. The van der Waals surface area contributed by atoms with E-state index in [-0.39, 0.29) is 16.8 Å². The molecule has 1 aliphatic heterocycles. The van der Waals surface area contributed by atoms with E-state index in [2.05, 4.69) is 0 Å². The van der Waals surface area contributed by atoms with Gasteiger partial charge in [-0.05, 0) is 61.0 Å². The Morgan fingerprint density at radius 2 is 1.67 bits per heavy atom. The van der Waals surface area contributed by atoms with Gasteiger partial charge in [0.15, 0.2) is 11.5 Å².